The van der Waals surface area contributed by atoms with Crippen LogP contribution >= 0.6 is 0 Å². The zero-order chi connectivity index (χ0) is 15.9. The Bertz CT molecular complexity index is 670. The lowest BCUT2D eigenvalue weighted by Crippen LogP contribution is -2.42. The van der Waals surface area contributed by atoms with Crippen LogP contribution in [0.15, 0.2) is 42.5 Å². The summed E-state index contributed by atoms with van der Waals surface area (Å²) in [4.78, 5) is 23.8. The van der Waals surface area contributed by atoms with E-state index in [2.05, 4.69) is 10.6 Å². The van der Waals surface area contributed by atoms with Gasteiger partial charge in [-0.15, -0.1) is 0 Å². The van der Waals surface area contributed by atoms with Crippen molar-refractivity contribution >= 4 is 28.3 Å². The van der Waals surface area contributed by atoms with Crippen LogP contribution in [-0.2, 0) is 9.59 Å². The van der Waals surface area contributed by atoms with Crippen molar-refractivity contribution in [3.8, 4) is 0 Å². The van der Waals surface area contributed by atoms with Crippen LogP contribution in [0.4, 0.5) is 5.69 Å². The van der Waals surface area contributed by atoms with E-state index >= 15 is 0 Å². The molecule has 1 atom stereocenters. The Hall–Kier alpha value is -2.40. The van der Waals surface area contributed by atoms with Gasteiger partial charge in [-0.2, -0.15) is 0 Å². The molecule has 2 aromatic rings. The third kappa shape index (κ3) is 4.05. The molecule has 0 aliphatic carbocycles. The minimum atomic E-state index is -0.702. The van der Waals surface area contributed by atoms with Crippen LogP contribution in [0.1, 0.15) is 19.8 Å². The maximum absolute atomic E-state index is 11.9. The van der Waals surface area contributed by atoms with E-state index in [1.807, 2.05) is 43.3 Å². The number of carbonyl (C=O) groups is 2. The van der Waals surface area contributed by atoms with Crippen LogP contribution in [0.2, 0.25) is 0 Å². The largest absolute Gasteiger partial charge is 0.396 e. The summed E-state index contributed by atoms with van der Waals surface area (Å²) in [6, 6.07) is 13.1. The zero-order valence-electron chi connectivity index (χ0n) is 12.5. The van der Waals surface area contributed by atoms with E-state index in [-0.39, 0.29) is 12.6 Å². The first-order chi connectivity index (χ1) is 10.6. The highest BCUT2D eigenvalue weighted by atomic mass is 16.3. The molecule has 5 heteroatoms. The van der Waals surface area contributed by atoms with E-state index in [1.54, 1.807) is 6.07 Å². The second-order valence-electron chi connectivity index (χ2n) is 5.11. The van der Waals surface area contributed by atoms with Crippen molar-refractivity contribution in [2.45, 2.75) is 25.8 Å². The molecule has 0 heterocycles. The topological polar surface area (TPSA) is 78.4 Å². The monoisotopic (exact) mass is 300 g/mol. The molecule has 0 saturated heterocycles. The number of nitrogens with one attached hydrogen (secondary N) is 2. The van der Waals surface area contributed by atoms with E-state index in [1.165, 1.54) is 0 Å². The smallest absolute Gasteiger partial charge is 0.313 e. The quantitative estimate of drug-likeness (QED) is 0.740. The first-order valence-corrected chi connectivity index (χ1v) is 7.35. The van der Waals surface area contributed by atoms with Gasteiger partial charge in [0.25, 0.3) is 0 Å². The molecule has 0 radical (unpaired) electrons. The third-order valence-electron chi connectivity index (χ3n) is 3.52. The number of benzene rings is 2. The standard InChI is InChI=1S/C17H20N2O3/c1-2-14(9-10-20)18-16(21)17(22)19-15-8-7-12-5-3-4-6-13(12)11-15/h3-8,11,14,20H,2,9-10H2,1H3,(H,18,21)(H,19,22). The van der Waals surface area contributed by atoms with Gasteiger partial charge in [0.05, 0.1) is 0 Å². The molecule has 0 spiro atoms. The van der Waals surface area contributed by atoms with Crippen LogP contribution in [0.25, 0.3) is 10.8 Å². The normalized spacial score (nSPS) is 11.9. The Morgan fingerprint density at radius 2 is 1.82 bits per heavy atom. The number of amides is 2. The van der Waals surface area contributed by atoms with Gasteiger partial charge >= 0.3 is 11.8 Å². The molecule has 0 fully saturated rings. The predicted octanol–water partition coefficient (Wildman–Crippen LogP) is 2.06. The van der Waals surface area contributed by atoms with E-state index in [9.17, 15) is 9.59 Å². The van der Waals surface area contributed by atoms with Crippen LogP contribution in [0, 0.1) is 0 Å². The fourth-order valence-electron chi connectivity index (χ4n) is 2.24. The van der Waals surface area contributed by atoms with Crippen molar-refractivity contribution in [3.05, 3.63) is 42.5 Å². The van der Waals surface area contributed by atoms with Crippen molar-refractivity contribution in [1.82, 2.24) is 5.32 Å². The number of hydrogen-bond donors (Lipinski definition) is 3. The maximum atomic E-state index is 11.9. The lowest BCUT2D eigenvalue weighted by atomic mass is 10.1. The second-order valence-corrected chi connectivity index (χ2v) is 5.11. The highest BCUT2D eigenvalue weighted by Crippen LogP contribution is 2.18. The molecule has 0 bridgehead atoms. The Kier molecular flexibility index (Phi) is 5.49. The van der Waals surface area contributed by atoms with Crippen LogP contribution in [0.5, 0.6) is 0 Å². The summed E-state index contributed by atoms with van der Waals surface area (Å²) in [7, 11) is 0. The van der Waals surface area contributed by atoms with Crippen LogP contribution in [0.3, 0.4) is 0 Å². The van der Waals surface area contributed by atoms with Gasteiger partial charge in [0.2, 0.25) is 0 Å². The van der Waals surface area contributed by atoms with Gasteiger partial charge in [-0.3, -0.25) is 9.59 Å². The number of anilines is 1. The lowest BCUT2D eigenvalue weighted by Gasteiger charge is -2.15. The molecule has 0 aliphatic heterocycles. The second kappa shape index (κ2) is 7.56. The number of aliphatic hydroxyl groups excluding tert-OH is 1. The highest BCUT2D eigenvalue weighted by Gasteiger charge is 2.17. The highest BCUT2D eigenvalue weighted by molar-refractivity contribution is 6.39. The Balaban J connectivity index is 2.01. The molecule has 1 unspecified atom stereocenters. The van der Waals surface area contributed by atoms with Gasteiger partial charge in [-0.1, -0.05) is 37.3 Å². The Morgan fingerprint density at radius 3 is 2.50 bits per heavy atom. The summed E-state index contributed by atoms with van der Waals surface area (Å²) in [6.07, 6.45) is 1.10. The van der Waals surface area contributed by atoms with Crippen molar-refractivity contribution < 1.29 is 14.7 Å². The average Bonchev–Trinajstić information content (AvgIpc) is 2.54. The molecule has 2 amide bonds. The molecule has 2 rings (SSSR count). The summed E-state index contributed by atoms with van der Waals surface area (Å²) >= 11 is 0. The molecule has 0 aliphatic rings. The van der Waals surface area contributed by atoms with Crippen molar-refractivity contribution in [2.24, 2.45) is 0 Å². The first kappa shape index (κ1) is 16.0. The van der Waals surface area contributed by atoms with Crippen LogP contribution in [-0.4, -0.2) is 29.6 Å². The van der Waals surface area contributed by atoms with Gasteiger partial charge in [0, 0.05) is 18.3 Å². The van der Waals surface area contributed by atoms with Gasteiger partial charge in [0.15, 0.2) is 0 Å². The molecule has 2 aromatic carbocycles. The summed E-state index contributed by atoms with van der Waals surface area (Å²) in [5.41, 5.74) is 0.578. The zero-order valence-corrected chi connectivity index (χ0v) is 12.5. The predicted molar refractivity (Wildman–Crippen MR) is 86.5 cm³/mol. The summed E-state index contributed by atoms with van der Waals surface area (Å²) < 4.78 is 0. The molecule has 3 N–H and O–H groups in total. The van der Waals surface area contributed by atoms with E-state index in [0.717, 1.165) is 10.8 Å². The number of rotatable bonds is 5. The molecular weight excluding hydrogens is 280 g/mol. The van der Waals surface area contributed by atoms with Gasteiger partial charge in [-0.25, -0.2) is 0 Å². The molecule has 0 aromatic heterocycles. The molecule has 0 saturated carbocycles. The van der Waals surface area contributed by atoms with Crippen molar-refractivity contribution in [2.75, 3.05) is 11.9 Å². The fourth-order valence-corrected chi connectivity index (χ4v) is 2.24. The Morgan fingerprint density at radius 1 is 1.09 bits per heavy atom. The molecule has 5 nitrogen and oxygen atoms in total. The molecule has 22 heavy (non-hydrogen) atoms. The van der Waals surface area contributed by atoms with E-state index in [0.29, 0.717) is 18.5 Å². The fraction of sp³-hybridized carbons (Fsp3) is 0.294. The lowest BCUT2D eigenvalue weighted by molar-refractivity contribution is -0.136. The minimum absolute atomic E-state index is 0.0227. The number of hydrogen-bond acceptors (Lipinski definition) is 3. The molecule has 116 valence electrons. The van der Waals surface area contributed by atoms with Crippen molar-refractivity contribution in [1.29, 1.82) is 0 Å². The average molecular weight is 300 g/mol. The van der Waals surface area contributed by atoms with E-state index in [4.69, 9.17) is 5.11 Å². The van der Waals surface area contributed by atoms with Crippen LogP contribution < -0.4 is 10.6 Å². The van der Waals surface area contributed by atoms with Gasteiger partial charge < -0.3 is 15.7 Å². The summed E-state index contributed by atoms with van der Waals surface area (Å²) in [5.74, 6) is -1.39. The Labute approximate surface area is 129 Å². The number of fused-ring (bicyclic) bond motifs is 1. The van der Waals surface area contributed by atoms with E-state index < -0.39 is 11.8 Å². The van der Waals surface area contributed by atoms with Gasteiger partial charge in [0.1, 0.15) is 0 Å². The number of carbonyl (C=O) groups excluding carboxylic acids is 2. The maximum Gasteiger partial charge on any atom is 0.313 e. The number of aliphatic hydroxyl groups is 1. The minimum Gasteiger partial charge on any atom is -0.396 e. The third-order valence-corrected chi connectivity index (χ3v) is 3.52. The van der Waals surface area contributed by atoms with Gasteiger partial charge in [-0.05, 0) is 35.7 Å². The molecular formula is C17H20N2O3. The summed E-state index contributed by atoms with van der Waals surface area (Å²) in [5, 5.41) is 16.2. The van der Waals surface area contributed by atoms with Crippen molar-refractivity contribution in [3.63, 3.8) is 0 Å². The first-order valence-electron chi connectivity index (χ1n) is 7.35. The summed E-state index contributed by atoms with van der Waals surface area (Å²) in [6.45, 7) is 1.87. The SMILES string of the molecule is CCC(CCO)NC(=O)C(=O)Nc1ccc2ccccc2c1.